The van der Waals surface area contributed by atoms with E-state index in [1.165, 1.54) is 24.5 Å². The number of nitrogens with one attached hydrogen (secondary N) is 2. The van der Waals surface area contributed by atoms with Crippen LogP contribution in [0.4, 0.5) is 33.7 Å². The van der Waals surface area contributed by atoms with Crippen LogP contribution in [0, 0.1) is 11.7 Å². The lowest BCUT2D eigenvalue weighted by molar-refractivity contribution is -0.140. The second-order valence-corrected chi connectivity index (χ2v) is 8.51. The number of hydrogen-bond acceptors (Lipinski definition) is 5. The van der Waals surface area contributed by atoms with Gasteiger partial charge in [0.25, 0.3) is 0 Å². The van der Waals surface area contributed by atoms with Gasteiger partial charge in [-0.25, -0.2) is 19.2 Å². The number of aromatic nitrogens is 2. The van der Waals surface area contributed by atoms with Gasteiger partial charge in [-0.1, -0.05) is 11.6 Å². The van der Waals surface area contributed by atoms with Crippen molar-refractivity contribution in [1.29, 1.82) is 0 Å². The molecule has 2 N–H and O–H groups in total. The molecule has 0 aliphatic heterocycles. The maximum Gasteiger partial charge on any atom is 0.419 e. The van der Waals surface area contributed by atoms with E-state index in [2.05, 4.69) is 20.6 Å². The van der Waals surface area contributed by atoms with Crippen molar-refractivity contribution in [1.82, 2.24) is 9.97 Å². The Bertz CT molecular complexity index is 1300. The van der Waals surface area contributed by atoms with Gasteiger partial charge in [0.15, 0.2) is 0 Å². The molecule has 0 saturated heterocycles. The number of halogens is 5. The second kappa shape index (κ2) is 10.5. The summed E-state index contributed by atoms with van der Waals surface area (Å²) in [6, 6.07) is 7.17. The van der Waals surface area contributed by atoms with Crippen LogP contribution in [0.3, 0.4) is 0 Å². The molecule has 0 atom stereocenters. The molecule has 7 nitrogen and oxygen atoms in total. The van der Waals surface area contributed by atoms with Crippen LogP contribution in [0.2, 0.25) is 5.02 Å². The largest absolute Gasteiger partial charge is 0.437 e. The number of benzene rings is 2. The summed E-state index contributed by atoms with van der Waals surface area (Å²) in [5, 5.41) is 4.76. The zero-order valence-electron chi connectivity index (χ0n) is 18.5. The maximum absolute atomic E-state index is 13.4. The van der Waals surface area contributed by atoms with E-state index in [0.29, 0.717) is 30.7 Å². The quantitative estimate of drug-likeness (QED) is 0.324. The highest BCUT2D eigenvalue weighted by Gasteiger charge is 2.34. The van der Waals surface area contributed by atoms with Crippen LogP contribution in [0.5, 0.6) is 11.6 Å². The molecule has 0 bridgehead atoms. The molecule has 188 valence electrons. The van der Waals surface area contributed by atoms with E-state index >= 15 is 0 Å². The number of carbonyl (C=O) groups is 2. The molecular formula is C24H19ClF4N4O3. The Labute approximate surface area is 207 Å². The monoisotopic (exact) mass is 522 g/mol. The minimum Gasteiger partial charge on any atom is -0.437 e. The number of Topliss-reactive ketones (excluding diaryl/α,β-unsaturated/α-hetero) is 1. The summed E-state index contributed by atoms with van der Waals surface area (Å²) in [5.74, 6) is -0.584. The average molecular weight is 523 g/mol. The second-order valence-electron chi connectivity index (χ2n) is 8.11. The summed E-state index contributed by atoms with van der Waals surface area (Å²) >= 11 is 6.24. The molecule has 1 heterocycles. The van der Waals surface area contributed by atoms with Gasteiger partial charge in [-0.3, -0.25) is 4.79 Å². The Hall–Kier alpha value is -3.73. The molecule has 2 amide bonds. The fourth-order valence-corrected chi connectivity index (χ4v) is 3.54. The van der Waals surface area contributed by atoms with Crippen molar-refractivity contribution in [2.75, 3.05) is 10.6 Å². The first kappa shape index (κ1) is 25.4. The van der Waals surface area contributed by atoms with Crippen LogP contribution in [-0.2, 0) is 17.4 Å². The van der Waals surface area contributed by atoms with Crippen molar-refractivity contribution in [3.8, 4) is 11.6 Å². The van der Waals surface area contributed by atoms with Crippen LogP contribution < -0.4 is 15.4 Å². The number of carbonyl (C=O) groups excluding carboxylic acids is 2. The Morgan fingerprint density at radius 2 is 1.72 bits per heavy atom. The lowest BCUT2D eigenvalue weighted by Gasteiger charge is -2.12. The van der Waals surface area contributed by atoms with Gasteiger partial charge in [-0.15, -0.1) is 0 Å². The summed E-state index contributed by atoms with van der Waals surface area (Å²) in [7, 11) is 0. The fourth-order valence-electron chi connectivity index (χ4n) is 3.32. The molecule has 12 heteroatoms. The number of ketones is 1. The van der Waals surface area contributed by atoms with Gasteiger partial charge in [0.2, 0.25) is 5.88 Å². The third kappa shape index (κ3) is 6.69. The first-order valence-corrected chi connectivity index (χ1v) is 11.2. The van der Waals surface area contributed by atoms with Gasteiger partial charge in [0, 0.05) is 35.5 Å². The van der Waals surface area contributed by atoms with E-state index in [0.717, 1.165) is 18.9 Å². The Morgan fingerprint density at radius 1 is 1.03 bits per heavy atom. The highest BCUT2D eigenvalue weighted by molar-refractivity contribution is 6.32. The van der Waals surface area contributed by atoms with Crippen LogP contribution >= 0.6 is 11.6 Å². The average Bonchev–Trinajstić information content (AvgIpc) is 3.66. The number of hydrogen-bond donors (Lipinski definition) is 2. The van der Waals surface area contributed by atoms with E-state index in [1.807, 2.05) is 0 Å². The molecule has 0 spiro atoms. The molecule has 1 aliphatic rings. The number of ether oxygens (including phenoxy) is 1. The zero-order valence-corrected chi connectivity index (χ0v) is 19.3. The summed E-state index contributed by atoms with van der Waals surface area (Å²) in [6.07, 6.45) is -0.807. The van der Waals surface area contributed by atoms with Crippen LogP contribution in [-0.4, -0.2) is 21.8 Å². The molecule has 2 aromatic carbocycles. The van der Waals surface area contributed by atoms with Crippen molar-refractivity contribution < 1.29 is 31.9 Å². The number of amides is 2. The Balaban J connectivity index is 1.36. The van der Waals surface area contributed by atoms with Crippen LogP contribution in [0.15, 0.2) is 48.8 Å². The first-order chi connectivity index (χ1) is 17.1. The molecular weight excluding hydrogens is 504 g/mol. The number of rotatable bonds is 8. The van der Waals surface area contributed by atoms with Crippen LogP contribution in [0.25, 0.3) is 0 Å². The summed E-state index contributed by atoms with van der Waals surface area (Å²) < 4.78 is 57.7. The Kier molecular flexibility index (Phi) is 7.39. The summed E-state index contributed by atoms with van der Waals surface area (Å²) in [6.45, 7) is 0. The SMILES string of the molecule is O=C(Nc1ccc(Oc2cc(CCC(=O)C3CC3)ncn2)c(Cl)c1)Nc1ccc(F)c(C(F)(F)F)c1. The van der Waals surface area contributed by atoms with Gasteiger partial charge in [-0.2, -0.15) is 13.2 Å². The first-order valence-electron chi connectivity index (χ1n) is 10.8. The molecule has 1 fully saturated rings. The number of nitrogens with zero attached hydrogens (tertiary/aromatic N) is 2. The molecule has 3 aromatic rings. The molecule has 0 radical (unpaired) electrons. The molecule has 0 unspecified atom stereocenters. The predicted octanol–water partition coefficient (Wildman–Crippen LogP) is 6.64. The minimum absolute atomic E-state index is 0.123. The van der Waals surface area contributed by atoms with E-state index in [1.54, 1.807) is 6.07 Å². The number of anilines is 2. The third-order valence-electron chi connectivity index (χ3n) is 5.29. The lowest BCUT2D eigenvalue weighted by Crippen LogP contribution is -2.20. The molecule has 1 saturated carbocycles. The van der Waals surface area contributed by atoms with E-state index in [9.17, 15) is 27.2 Å². The van der Waals surface area contributed by atoms with E-state index in [-0.39, 0.29) is 39.7 Å². The van der Waals surface area contributed by atoms with Crippen molar-refractivity contribution in [3.63, 3.8) is 0 Å². The zero-order chi connectivity index (χ0) is 25.9. The third-order valence-corrected chi connectivity index (χ3v) is 5.59. The lowest BCUT2D eigenvalue weighted by atomic mass is 10.1. The minimum atomic E-state index is -4.90. The topological polar surface area (TPSA) is 93.2 Å². The number of alkyl halides is 3. The maximum atomic E-state index is 13.4. The summed E-state index contributed by atoms with van der Waals surface area (Å²) in [5.41, 5.74) is -0.863. The van der Waals surface area contributed by atoms with Gasteiger partial charge in [-0.05, 0) is 55.7 Å². The van der Waals surface area contributed by atoms with Gasteiger partial charge < -0.3 is 15.4 Å². The predicted molar refractivity (Wildman–Crippen MR) is 124 cm³/mol. The highest BCUT2D eigenvalue weighted by atomic mass is 35.5. The van der Waals surface area contributed by atoms with Crippen molar-refractivity contribution in [2.45, 2.75) is 31.9 Å². The van der Waals surface area contributed by atoms with Crippen molar-refractivity contribution >= 4 is 34.8 Å². The molecule has 1 aliphatic carbocycles. The van der Waals surface area contributed by atoms with Crippen molar-refractivity contribution in [2.24, 2.45) is 5.92 Å². The number of aryl methyl sites for hydroxylation is 1. The van der Waals surface area contributed by atoms with Crippen LogP contribution in [0.1, 0.15) is 30.5 Å². The van der Waals surface area contributed by atoms with Crippen molar-refractivity contribution in [3.05, 3.63) is 70.9 Å². The molecule has 36 heavy (non-hydrogen) atoms. The normalized spacial score (nSPS) is 13.2. The highest BCUT2D eigenvalue weighted by Crippen LogP contribution is 2.34. The van der Waals surface area contributed by atoms with E-state index < -0.39 is 23.6 Å². The van der Waals surface area contributed by atoms with Gasteiger partial charge in [0.1, 0.15) is 23.7 Å². The Morgan fingerprint density at radius 3 is 2.39 bits per heavy atom. The molecule has 4 rings (SSSR count). The van der Waals surface area contributed by atoms with Gasteiger partial charge in [0.05, 0.1) is 10.6 Å². The number of urea groups is 1. The molecule has 1 aromatic heterocycles. The standard InChI is InChI=1S/C24H19ClF4N4O3/c25-18-10-16(33-23(35)32-15-3-6-19(26)17(9-15)24(27,28)29)5-8-21(18)36-22-11-14(30-12-31-22)4-7-20(34)13-1-2-13/h3,5-6,8-13H,1-2,4,7H2,(H2,32,33,35). The van der Waals surface area contributed by atoms with E-state index in [4.69, 9.17) is 16.3 Å². The van der Waals surface area contributed by atoms with Gasteiger partial charge >= 0.3 is 12.2 Å². The smallest absolute Gasteiger partial charge is 0.419 e. The fraction of sp³-hybridized carbons (Fsp3) is 0.250. The summed E-state index contributed by atoms with van der Waals surface area (Å²) in [4.78, 5) is 32.3.